The van der Waals surface area contributed by atoms with Crippen LogP contribution in [0, 0.1) is 23.0 Å². The third-order valence-electron chi connectivity index (χ3n) is 9.51. The Labute approximate surface area is 278 Å². The molecule has 0 spiro atoms. The van der Waals surface area contributed by atoms with E-state index >= 15 is 4.39 Å². The number of nitrogens with one attached hydrogen (secondary N) is 1. The predicted octanol–water partition coefficient (Wildman–Crippen LogP) is 5.37. The standard InChI is InChI=1S/C32H33ClF2N8O3S/c1-15(20-5-4-9-41(20)3)46-31-39-26-23-27(45-12-11-43(30(23)40-31)16-8-10-42(14-16)32(44)38-2)24(33)22(25(26)35)17-6-7-19(34)28-21(17)18(13-36)29(37)47-28/h6-7,15-16,20H,4-5,8-12,14,37H2,1-3H3,(H,38,44)/t15-,16?,20-/m0/s1. The first kappa shape index (κ1) is 31.4. The van der Waals surface area contributed by atoms with E-state index in [1.807, 2.05) is 24.9 Å². The van der Waals surface area contributed by atoms with E-state index in [1.165, 1.54) is 12.1 Å². The molecule has 4 aromatic rings. The van der Waals surface area contributed by atoms with E-state index in [1.54, 1.807) is 11.9 Å². The Morgan fingerprint density at radius 2 is 2.06 bits per heavy atom. The van der Waals surface area contributed by atoms with Crippen molar-refractivity contribution in [2.24, 2.45) is 0 Å². The number of likely N-dealkylation sites (tertiary alicyclic amines) is 2. The van der Waals surface area contributed by atoms with Crippen molar-refractivity contribution in [1.82, 2.24) is 25.1 Å². The van der Waals surface area contributed by atoms with Gasteiger partial charge in [-0.2, -0.15) is 15.2 Å². The summed E-state index contributed by atoms with van der Waals surface area (Å²) >= 11 is 7.94. The molecule has 0 radical (unpaired) electrons. The number of hydrogen-bond donors (Lipinski definition) is 2. The van der Waals surface area contributed by atoms with Gasteiger partial charge in [-0.15, -0.1) is 11.3 Å². The number of thiophene rings is 1. The van der Waals surface area contributed by atoms with Crippen molar-refractivity contribution in [1.29, 1.82) is 5.26 Å². The van der Waals surface area contributed by atoms with Crippen LogP contribution in [0.1, 0.15) is 31.7 Å². The maximum Gasteiger partial charge on any atom is 0.319 e. The highest BCUT2D eigenvalue weighted by atomic mass is 35.5. The number of nitrogens with zero attached hydrogens (tertiary/aromatic N) is 6. The molecule has 3 aliphatic heterocycles. The van der Waals surface area contributed by atoms with Crippen molar-refractivity contribution in [3.63, 3.8) is 0 Å². The minimum Gasteiger partial charge on any atom is -0.489 e. The Morgan fingerprint density at radius 1 is 1.26 bits per heavy atom. The van der Waals surface area contributed by atoms with Crippen molar-refractivity contribution < 1.29 is 23.0 Å². The van der Waals surface area contributed by atoms with Gasteiger partial charge in [-0.05, 0) is 51.4 Å². The smallest absolute Gasteiger partial charge is 0.319 e. The summed E-state index contributed by atoms with van der Waals surface area (Å²) in [6.45, 7) is 4.42. The van der Waals surface area contributed by atoms with Gasteiger partial charge in [-0.3, -0.25) is 4.90 Å². The lowest BCUT2D eigenvalue weighted by Gasteiger charge is -2.30. The number of benzene rings is 2. The molecule has 0 saturated carbocycles. The Kier molecular flexibility index (Phi) is 8.10. The van der Waals surface area contributed by atoms with Crippen molar-refractivity contribution in [3.05, 3.63) is 34.4 Å². The Morgan fingerprint density at radius 3 is 2.79 bits per heavy atom. The fourth-order valence-electron chi connectivity index (χ4n) is 7.20. The maximum atomic E-state index is 17.2. The fraction of sp³-hybridized carbons (Fsp3) is 0.438. The molecule has 0 bridgehead atoms. The molecule has 1 unspecified atom stereocenters. The number of carbonyl (C=O) groups is 1. The van der Waals surface area contributed by atoms with Crippen molar-refractivity contribution in [2.45, 2.75) is 44.4 Å². The lowest BCUT2D eigenvalue weighted by atomic mass is 9.96. The van der Waals surface area contributed by atoms with Crippen LogP contribution < -0.4 is 25.4 Å². The van der Waals surface area contributed by atoms with Crippen LogP contribution in [0.5, 0.6) is 11.8 Å². The molecule has 7 rings (SSSR count). The number of aromatic nitrogens is 2. The Bertz CT molecular complexity index is 1970. The second kappa shape index (κ2) is 12.1. The average molecular weight is 683 g/mol. The van der Waals surface area contributed by atoms with Gasteiger partial charge in [0.25, 0.3) is 0 Å². The van der Waals surface area contributed by atoms with E-state index < -0.39 is 11.6 Å². The number of carbonyl (C=O) groups excluding carboxylic acids is 1. The highest BCUT2D eigenvalue weighted by Crippen LogP contribution is 2.51. The first-order valence-corrected chi connectivity index (χ1v) is 16.7. The molecule has 2 fully saturated rings. The van der Waals surface area contributed by atoms with Gasteiger partial charge in [-0.25, -0.2) is 13.6 Å². The molecule has 2 amide bonds. The summed E-state index contributed by atoms with van der Waals surface area (Å²) in [6.07, 6.45) is 2.35. The molecular weight excluding hydrogens is 650 g/mol. The Balaban J connectivity index is 1.45. The van der Waals surface area contributed by atoms with Gasteiger partial charge in [0.2, 0.25) is 0 Å². The molecule has 11 nitrogen and oxygen atoms in total. The van der Waals surface area contributed by atoms with E-state index in [2.05, 4.69) is 15.2 Å². The highest BCUT2D eigenvalue weighted by Gasteiger charge is 2.37. The van der Waals surface area contributed by atoms with Gasteiger partial charge in [0, 0.05) is 43.2 Å². The quantitative estimate of drug-likeness (QED) is 0.285. The van der Waals surface area contributed by atoms with E-state index in [0.29, 0.717) is 31.9 Å². The summed E-state index contributed by atoms with van der Waals surface area (Å²) in [4.78, 5) is 27.9. The zero-order valence-electron chi connectivity index (χ0n) is 26.1. The van der Waals surface area contributed by atoms with Crippen LogP contribution in [0.2, 0.25) is 5.02 Å². The summed E-state index contributed by atoms with van der Waals surface area (Å²) in [7, 11) is 3.63. The van der Waals surface area contributed by atoms with E-state index in [4.69, 9.17) is 31.8 Å². The topological polar surface area (TPSA) is 133 Å². The van der Waals surface area contributed by atoms with Gasteiger partial charge < -0.3 is 30.3 Å². The zero-order chi connectivity index (χ0) is 33.1. The summed E-state index contributed by atoms with van der Waals surface area (Å²) < 4.78 is 44.8. The van der Waals surface area contributed by atoms with Crippen LogP contribution in [0.4, 0.5) is 24.4 Å². The van der Waals surface area contributed by atoms with Gasteiger partial charge >= 0.3 is 12.0 Å². The molecule has 5 heterocycles. The molecule has 3 N–H and O–H groups in total. The second-order valence-corrected chi connectivity index (χ2v) is 13.6. The van der Waals surface area contributed by atoms with Crippen LogP contribution in [-0.4, -0.2) is 90.9 Å². The van der Waals surface area contributed by atoms with Crippen LogP contribution >= 0.6 is 22.9 Å². The molecule has 15 heteroatoms. The first-order chi connectivity index (χ1) is 22.6. The predicted molar refractivity (Wildman–Crippen MR) is 177 cm³/mol. The number of rotatable bonds is 5. The molecule has 47 heavy (non-hydrogen) atoms. The number of nitrogens with two attached hydrogens (primary N) is 1. The third-order valence-corrected chi connectivity index (χ3v) is 10.9. The molecule has 2 aromatic heterocycles. The molecule has 2 aromatic carbocycles. The number of fused-ring (bicyclic) bond motifs is 1. The number of amides is 2. The number of anilines is 2. The fourth-order valence-corrected chi connectivity index (χ4v) is 8.48. The minimum absolute atomic E-state index is 0.00628. The van der Waals surface area contributed by atoms with Crippen LogP contribution in [-0.2, 0) is 0 Å². The maximum absolute atomic E-state index is 17.2. The number of halogens is 3. The highest BCUT2D eigenvalue weighted by molar-refractivity contribution is 7.23. The average Bonchev–Trinajstić information content (AvgIpc) is 3.77. The lowest BCUT2D eigenvalue weighted by Crippen LogP contribution is -2.43. The zero-order valence-corrected chi connectivity index (χ0v) is 27.6. The first-order valence-electron chi connectivity index (χ1n) is 15.5. The number of ether oxygens (including phenoxy) is 2. The van der Waals surface area contributed by atoms with E-state index in [0.717, 1.165) is 30.7 Å². The molecule has 246 valence electrons. The third kappa shape index (κ3) is 5.12. The summed E-state index contributed by atoms with van der Waals surface area (Å²) in [5, 5.41) is 13.1. The van der Waals surface area contributed by atoms with Gasteiger partial charge in [-0.1, -0.05) is 17.7 Å². The second-order valence-electron chi connectivity index (χ2n) is 12.1. The van der Waals surface area contributed by atoms with Crippen LogP contribution in [0.3, 0.4) is 0 Å². The molecule has 0 aliphatic carbocycles. The molecule has 3 aliphatic rings. The van der Waals surface area contributed by atoms with E-state index in [9.17, 15) is 14.4 Å². The number of hydrogen-bond acceptors (Lipinski definition) is 10. The van der Waals surface area contributed by atoms with Gasteiger partial charge in [0.1, 0.15) is 40.9 Å². The van der Waals surface area contributed by atoms with Gasteiger partial charge in [0.15, 0.2) is 11.6 Å². The molecular formula is C32H33ClF2N8O3S. The Hall–Kier alpha value is -4.19. The van der Waals surface area contributed by atoms with Crippen molar-refractivity contribution in [2.75, 3.05) is 57.5 Å². The minimum atomic E-state index is -0.793. The number of nitriles is 1. The largest absolute Gasteiger partial charge is 0.489 e. The lowest BCUT2D eigenvalue weighted by molar-refractivity contribution is 0.112. The van der Waals surface area contributed by atoms with Crippen LogP contribution in [0.15, 0.2) is 12.1 Å². The SMILES string of the molecule is CNC(=O)N1CCC(N2CCOc3c(Cl)c(-c4ccc(F)c5sc(N)c(C#N)c45)c(F)c4nc(O[C@@H](C)[C@@H]5CCCN5C)nc2c34)C1. The summed E-state index contributed by atoms with van der Waals surface area (Å²) in [6, 6.07) is 4.43. The van der Waals surface area contributed by atoms with E-state index in [-0.39, 0.29) is 90.3 Å². The monoisotopic (exact) mass is 682 g/mol. The van der Waals surface area contributed by atoms with Gasteiger partial charge in [0.05, 0.1) is 27.2 Å². The normalized spacial score (nSPS) is 20.4. The molecule has 3 atom stereocenters. The number of urea groups is 1. The molecule has 2 saturated heterocycles. The van der Waals surface area contributed by atoms with Crippen molar-refractivity contribution >= 4 is 60.8 Å². The number of likely N-dealkylation sites (N-methyl/N-ethyl adjacent to an activating group) is 1. The summed E-state index contributed by atoms with van der Waals surface area (Å²) in [5.41, 5.74) is 6.15. The summed E-state index contributed by atoms with van der Waals surface area (Å²) in [5.74, 6) is -0.815. The van der Waals surface area contributed by atoms with Crippen molar-refractivity contribution in [3.8, 4) is 29.0 Å². The van der Waals surface area contributed by atoms with Crippen LogP contribution in [0.25, 0.3) is 32.1 Å². The number of nitrogen functional groups attached to an aromatic ring is 1.